The van der Waals surface area contributed by atoms with Crippen molar-refractivity contribution in [1.82, 2.24) is 14.2 Å². The molecule has 0 amide bonds. The number of aryl methyl sites for hydroxylation is 1. The number of nitrogens with zero attached hydrogens (tertiary/aromatic N) is 3. The Kier molecular flexibility index (Phi) is 3.10. The van der Waals surface area contributed by atoms with Crippen LogP contribution < -0.4 is 11.3 Å². The molecule has 0 bridgehead atoms. The SMILES string of the molecule is Cc1cc2c(=O)n(Cc3ccc(Br)c(N)c3)ccn2n1. The van der Waals surface area contributed by atoms with Crippen LogP contribution in [0.15, 0.2) is 45.9 Å². The summed E-state index contributed by atoms with van der Waals surface area (Å²) in [6.07, 6.45) is 3.52. The van der Waals surface area contributed by atoms with Crippen molar-refractivity contribution >= 4 is 27.1 Å². The minimum atomic E-state index is -0.0606. The van der Waals surface area contributed by atoms with E-state index in [4.69, 9.17) is 5.73 Å². The summed E-state index contributed by atoms with van der Waals surface area (Å²) in [5.41, 5.74) is 8.85. The Labute approximate surface area is 123 Å². The first kappa shape index (κ1) is 12.9. The monoisotopic (exact) mass is 332 g/mol. The molecule has 0 unspecified atom stereocenters. The van der Waals surface area contributed by atoms with Gasteiger partial charge in [-0.3, -0.25) is 4.79 Å². The molecule has 2 aromatic heterocycles. The van der Waals surface area contributed by atoms with Gasteiger partial charge in [0.1, 0.15) is 5.52 Å². The highest BCUT2D eigenvalue weighted by molar-refractivity contribution is 9.10. The van der Waals surface area contributed by atoms with Crippen LogP contribution in [0.5, 0.6) is 0 Å². The summed E-state index contributed by atoms with van der Waals surface area (Å²) >= 11 is 3.36. The zero-order chi connectivity index (χ0) is 14.3. The largest absolute Gasteiger partial charge is 0.398 e. The molecule has 5 nitrogen and oxygen atoms in total. The zero-order valence-corrected chi connectivity index (χ0v) is 12.5. The van der Waals surface area contributed by atoms with Gasteiger partial charge in [0.05, 0.1) is 12.2 Å². The maximum absolute atomic E-state index is 12.4. The fourth-order valence-electron chi connectivity index (χ4n) is 2.16. The lowest BCUT2D eigenvalue weighted by Gasteiger charge is -2.07. The number of fused-ring (bicyclic) bond motifs is 1. The summed E-state index contributed by atoms with van der Waals surface area (Å²) in [4.78, 5) is 12.4. The van der Waals surface area contributed by atoms with Crippen molar-refractivity contribution < 1.29 is 0 Å². The molecule has 0 aliphatic carbocycles. The summed E-state index contributed by atoms with van der Waals surface area (Å²) in [5, 5.41) is 4.22. The number of rotatable bonds is 2. The van der Waals surface area contributed by atoms with Gasteiger partial charge in [-0.2, -0.15) is 5.10 Å². The van der Waals surface area contributed by atoms with Crippen LogP contribution in [-0.2, 0) is 6.54 Å². The molecule has 3 aromatic rings. The summed E-state index contributed by atoms with van der Waals surface area (Å²) in [7, 11) is 0. The summed E-state index contributed by atoms with van der Waals surface area (Å²) in [5.74, 6) is 0. The highest BCUT2D eigenvalue weighted by Crippen LogP contribution is 2.20. The van der Waals surface area contributed by atoms with E-state index < -0.39 is 0 Å². The van der Waals surface area contributed by atoms with E-state index in [1.54, 1.807) is 27.5 Å². The van der Waals surface area contributed by atoms with Crippen molar-refractivity contribution in [2.24, 2.45) is 0 Å². The lowest BCUT2D eigenvalue weighted by molar-refractivity contribution is 0.742. The molecule has 0 aliphatic rings. The molecule has 6 heteroatoms. The van der Waals surface area contributed by atoms with E-state index in [1.165, 1.54) is 0 Å². The first-order chi connectivity index (χ1) is 9.54. The van der Waals surface area contributed by atoms with Crippen LogP contribution in [0, 0.1) is 6.92 Å². The van der Waals surface area contributed by atoms with Crippen molar-refractivity contribution in [3.05, 3.63) is 62.7 Å². The number of aromatic nitrogens is 3. The average Bonchev–Trinajstić information content (AvgIpc) is 2.79. The molecule has 0 atom stereocenters. The van der Waals surface area contributed by atoms with Crippen LogP contribution in [0.3, 0.4) is 0 Å². The van der Waals surface area contributed by atoms with Crippen molar-refractivity contribution in [3.63, 3.8) is 0 Å². The van der Waals surface area contributed by atoms with Crippen molar-refractivity contribution in [1.29, 1.82) is 0 Å². The molecule has 0 saturated heterocycles. The molecule has 2 N–H and O–H groups in total. The quantitative estimate of drug-likeness (QED) is 0.731. The summed E-state index contributed by atoms with van der Waals surface area (Å²) < 4.78 is 4.11. The van der Waals surface area contributed by atoms with Gasteiger partial charge >= 0.3 is 0 Å². The van der Waals surface area contributed by atoms with Gasteiger partial charge in [0.25, 0.3) is 5.56 Å². The fraction of sp³-hybridized carbons (Fsp3) is 0.143. The maximum Gasteiger partial charge on any atom is 0.276 e. The number of nitrogen functional groups attached to an aromatic ring is 1. The molecule has 0 spiro atoms. The highest BCUT2D eigenvalue weighted by Gasteiger charge is 2.06. The standard InChI is InChI=1S/C14H13BrN4O/c1-9-6-13-14(20)18(4-5-19(13)17-9)8-10-2-3-11(15)12(16)7-10/h2-7H,8,16H2,1H3. The second kappa shape index (κ2) is 4.79. The molecule has 3 rings (SSSR count). The molecule has 0 aliphatic heterocycles. The minimum absolute atomic E-state index is 0.0606. The molecule has 0 saturated carbocycles. The molecule has 2 heterocycles. The van der Waals surface area contributed by atoms with E-state index >= 15 is 0 Å². The Morgan fingerprint density at radius 3 is 2.85 bits per heavy atom. The summed E-state index contributed by atoms with van der Waals surface area (Å²) in [6, 6.07) is 7.48. The van der Waals surface area contributed by atoms with E-state index in [1.807, 2.05) is 25.1 Å². The highest BCUT2D eigenvalue weighted by atomic mass is 79.9. The second-order valence-corrected chi connectivity index (χ2v) is 5.56. The molecular formula is C14H13BrN4O. The Morgan fingerprint density at radius 1 is 1.30 bits per heavy atom. The van der Waals surface area contributed by atoms with Gasteiger partial charge in [-0.25, -0.2) is 4.52 Å². The number of anilines is 1. The number of nitrogens with two attached hydrogens (primary N) is 1. The molecule has 102 valence electrons. The smallest absolute Gasteiger partial charge is 0.276 e. The lowest BCUT2D eigenvalue weighted by Crippen LogP contribution is -2.21. The summed E-state index contributed by atoms with van der Waals surface area (Å²) in [6.45, 7) is 2.35. The normalized spacial score (nSPS) is 11.1. The Balaban J connectivity index is 2.04. The Bertz CT molecular complexity index is 850. The van der Waals surface area contributed by atoms with Crippen LogP contribution in [-0.4, -0.2) is 14.2 Å². The first-order valence-electron chi connectivity index (χ1n) is 6.14. The number of hydrogen-bond acceptors (Lipinski definition) is 3. The third-order valence-corrected chi connectivity index (χ3v) is 3.86. The van der Waals surface area contributed by atoms with Crippen LogP contribution in [0.25, 0.3) is 5.52 Å². The zero-order valence-electron chi connectivity index (χ0n) is 10.9. The van der Waals surface area contributed by atoms with Crippen molar-refractivity contribution in [2.75, 3.05) is 5.73 Å². The average molecular weight is 333 g/mol. The molecule has 0 radical (unpaired) electrons. The van der Waals surface area contributed by atoms with Gasteiger partial charge < -0.3 is 10.3 Å². The number of halogens is 1. The van der Waals surface area contributed by atoms with Crippen LogP contribution in [0.2, 0.25) is 0 Å². The van der Waals surface area contributed by atoms with E-state index in [0.29, 0.717) is 17.7 Å². The van der Waals surface area contributed by atoms with Crippen LogP contribution in [0.4, 0.5) is 5.69 Å². The molecule has 20 heavy (non-hydrogen) atoms. The van der Waals surface area contributed by atoms with Gasteiger partial charge in [0.15, 0.2) is 0 Å². The van der Waals surface area contributed by atoms with Crippen molar-refractivity contribution in [2.45, 2.75) is 13.5 Å². The maximum atomic E-state index is 12.4. The van der Waals surface area contributed by atoms with Crippen LogP contribution >= 0.6 is 15.9 Å². The second-order valence-electron chi connectivity index (χ2n) is 4.70. The van der Waals surface area contributed by atoms with Gasteiger partial charge in [0.2, 0.25) is 0 Å². The molecule has 1 aromatic carbocycles. The van der Waals surface area contributed by atoms with Gasteiger partial charge in [-0.1, -0.05) is 6.07 Å². The Morgan fingerprint density at radius 2 is 2.10 bits per heavy atom. The minimum Gasteiger partial charge on any atom is -0.398 e. The predicted molar refractivity (Wildman–Crippen MR) is 81.8 cm³/mol. The van der Waals surface area contributed by atoms with Gasteiger partial charge in [0, 0.05) is 22.6 Å². The number of hydrogen-bond donors (Lipinski definition) is 1. The predicted octanol–water partition coefficient (Wildman–Crippen LogP) is 2.20. The third-order valence-electron chi connectivity index (χ3n) is 3.14. The molecule has 0 fully saturated rings. The van der Waals surface area contributed by atoms with E-state index in [-0.39, 0.29) is 5.56 Å². The van der Waals surface area contributed by atoms with Crippen molar-refractivity contribution in [3.8, 4) is 0 Å². The number of benzene rings is 1. The van der Waals surface area contributed by atoms with E-state index in [0.717, 1.165) is 15.7 Å². The Hall–Kier alpha value is -2.08. The van der Waals surface area contributed by atoms with Gasteiger partial charge in [-0.05, 0) is 46.6 Å². The first-order valence-corrected chi connectivity index (χ1v) is 6.93. The van der Waals surface area contributed by atoms with E-state index in [9.17, 15) is 4.79 Å². The van der Waals surface area contributed by atoms with Crippen LogP contribution in [0.1, 0.15) is 11.3 Å². The topological polar surface area (TPSA) is 65.3 Å². The van der Waals surface area contributed by atoms with E-state index in [2.05, 4.69) is 21.0 Å². The fourth-order valence-corrected chi connectivity index (χ4v) is 2.41. The lowest BCUT2D eigenvalue weighted by atomic mass is 10.2. The molecular weight excluding hydrogens is 320 g/mol. The third kappa shape index (κ3) is 2.22. The van der Waals surface area contributed by atoms with Gasteiger partial charge in [-0.15, -0.1) is 0 Å².